The van der Waals surface area contributed by atoms with Crippen molar-refractivity contribution in [1.82, 2.24) is 0 Å². The van der Waals surface area contributed by atoms with Crippen LogP contribution in [0.15, 0.2) is 49.1 Å². The Balaban J connectivity index is 2.73. The first kappa shape index (κ1) is 34.6. The average Bonchev–Trinajstić information content (AvgIpc) is 2.88. The molecular formula is C34H47FO5S. The number of ether oxygens (including phenoxy) is 2. The van der Waals surface area contributed by atoms with Crippen LogP contribution >= 0.6 is 12.6 Å². The van der Waals surface area contributed by atoms with Crippen LogP contribution in [-0.4, -0.2) is 41.2 Å². The van der Waals surface area contributed by atoms with Crippen molar-refractivity contribution in [1.29, 1.82) is 0 Å². The van der Waals surface area contributed by atoms with Gasteiger partial charge in [0.25, 0.3) is 0 Å². The molecule has 0 aliphatic carbocycles. The van der Waals surface area contributed by atoms with E-state index in [9.17, 15) is 14.7 Å². The summed E-state index contributed by atoms with van der Waals surface area (Å²) in [7, 11) is 0. The molecule has 2 aromatic carbocycles. The molecule has 0 radical (unpaired) electrons. The molecule has 0 spiro atoms. The van der Waals surface area contributed by atoms with E-state index in [0.29, 0.717) is 28.7 Å². The SMILES string of the molecule is C=CC(C)(F)C(C)(CC(O)(c1ccc(C(=O)OCC(C)(C)C)c(C)c1)C(S)C(=O)OCCC)c1cc(C)cc(C)c1. The molecule has 1 N–H and O–H groups in total. The molecule has 0 aliphatic rings. The van der Waals surface area contributed by atoms with E-state index in [0.717, 1.165) is 11.1 Å². The molecule has 0 heterocycles. The molecule has 5 nitrogen and oxygen atoms in total. The predicted octanol–water partition coefficient (Wildman–Crippen LogP) is 7.52. The molecule has 2 aromatic rings. The van der Waals surface area contributed by atoms with Crippen LogP contribution in [0.1, 0.15) is 92.6 Å². The Morgan fingerprint density at radius 2 is 1.59 bits per heavy atom. The summed E-state index contributed by atoms with van der Waals surface area (Å²) in [4.78, 5) is 26.0. The fourth-order valence-electron chi connectivity index (χ4n) is 4.97. The number of hydrogen-bond acceptors (Lipinski definition) is 6. The number of allylic oxidation sites excluding steroid dienone is 1. The van der Waals surface area contributed by atoms with E-state index in [1.54, 1.807) is 32.0 Å². The number of carbonyl (C=O) groups excluding carboxylic acids is 2. The minimum absolute atomic E-state index is 0.158. The number of aryl methyl sites for hydroxylation is 3. The molecule has 0 aromatic heterocycles. The summed E-state index contributed by atoms with van der Waals surface area (Å²) in [5.41, 5.74) is -1.81. The highest BCUT2D eigenvalue weighted by Gasteiger charge is 2.54. The summed E-state index contributed by atoms with van der Waals surface area (Å²) in [5.74, 6) is -1.20. The Bertz CT molecular complexity index is 1240. The van der Waals surface area contributed by atoms with Crippen LogP contribution in [0.3, 0.4) is 0 Å². The zero-order valence-electron chi connectivity index (χ0n) is 26.1. The molecule has 0 amide bonds. The highest BCUT2D eigenvalue weighted by molar-refractivity contribution is 7.81. The van der Waals surface area contributed by atoms with Gasteiger partial charge in [-0.15, -0.1) is 0 Å². The van der Waals surface area contributed by atoms with Crippen LogP contribution in [0.25, 0.3) is 0 Å². The highest BCUT2D eigenvalue weighted by Crippen LogP contribution is 2.49. The zero-order valence-corrected chi connectivity index (χ0v) is 27.0. The van der Waals surface area contributed by atoms with E-state index in [-0.39, 0.29) is 25.0 Å². The van der Waals surface area contributed by atoms with Gasteiger partial charge in [0.2, 0.25) is 0 Å². The van der Waals surface area contributed by atoms with Gasteiger partial charge in [0.05, 0.1) is 18.8 Å². The zero-order chi connectivity index (χ0) is 31.4. The molecule has 2 rings (SSSR count). The van der Waals surface area contributed by atoms with Gasteiger partial charge in [-0.25, -0.2) is 9.18 Å². The molecule has 41 heavy (non-hydrogen) atoms. The van der Waals surface area contributed by atoms with Gasteiger partial charge in [-0.2, -0.15) is 12.6 Å². The Labute approximate surface area is 250 Å². The molecule has 0 bridgehead atoms. The molecule has 7 heteroatoms. The van der Waals surface area contributed by atoms with Gasteiger partial charge in [0.1, 0.15) is 16.5 Å². The third-order valence-corrected chi connectivity index (χ3v) is 8.29. The summed E-state index contributed by atoms with van der Waals surface area (Å²) >= 11 is 4.58. The first-order chi connectivity index (χ1) is 18.8. The van der Waals surface area contributed by atoms with Crippen LogP contribution in [-0.2, 0) is 25.3 Å². The van der Waals surface area contributed by atoms with Crippen molar-refractivity contribution in [3.05, 3.63) is 82.4 Å². The Hall–Kier alpha value is -2.64. The Kier molecular flexibility index (Phi) is 11.1. The van der Waals surface area contributed by atoms with Crippen molar-refractivity contribution in [2.45, 2.75) is 97.1 Å². The quantitative estimate of drug-likeness (QED) is 0.153. The van der Waals surface area contributed by atoms with Gasteiger partial charge in [-0.1, -0.05) is 88.7 Å². The maximum atomic E-state index is 16.5. The molecule has 0 aliphatic heterocycles. The summed E-state index contributed by atoms with van der Waals surface area (Å²) < 4.78 is 27.4. The van der Waals surface area contributed by atoms with Gasteiger partial charge < -0.3 is 14.6 Å². The standard InChI is InChI=1S/C34H47FO5S/c1-11-15-39-30(37)28(41)34(38,25-13-14-27(24(5)19-25)29(36)40-21-31(6,7)8)20-32(9,33(10,35)12-2)26-17-22(3)16-23(4)18-26/h12-14,16-19,28,38,41H,2,11,15,20-21H2,1,3-10H3. The largest absolute Gasteiger partial charge is 0.465 e. The topological polar surface area (TPSA) is 72.8 Å². The predicted molar refractivity (Wildman–Crippen MR) is 166 cm³/mol. The molecule has 4 unspecified atom stereocenters. The summed E-state index contributed by atoms with van der Waals surface area (Å²) in [5, 5.41) is 11.1. The highest BCUT2D eigenvalue weighted by atomic mass is 32.1. The second kappa shape index (κ2) is 13.1. The maximum absolute atomic E-state index is 16.5. The first-order valence-electron chi connectivity index (χ1n) is 14.1. The second-order valence-electron chi connectivity index (χ2n) is 12.8. The van der Waals surface area contributed by atoms with Crippen molar-refractivity contribution >= 4 is 24.6 Å². The number of rotatable bonds is 12. The van der Waals surface area contributed by atoms with Crippen molar-refractivity contribution in [3.63, 3.8) is 0 Å². The van der Waals surface area contributed by atoms with E-state index in [1.165, 1.54) is 13.0 Å². The number of thiol groups is 1. The molecule has 226 valence electrons. The van der Waals surface area contributed by atoms with E-state index in [1.807, 2.05) is 59.7 Å². The van der Waals surface area contributed by atoms with Crippen LogP contribution < -0.4 is 0 Å². The average molecular weight is 587 g/mol. The normalized spacial score (nSPS) is 17.0. The summed E-state index contributed by atoms with van der Waals surface area (Å²) in [6.45, 7) is 20.6. The molecule has 0 saturated heterocycles. The number of carbonyl (C=O) groups is 2. The van der Waals surface area contributed by atoms with Crippen LogP contribution in [0.5, 0.6) is 0 Å². The lowest BCUT2D eigenvalue weighted by Gasteiger charge is -2.46. The fraction of sp³-hybridized carbons (Fsp3) is 0.529. The Morgan fingerprint density at radius 3 is 2.07 bits per heavy atom. The second-order valence-corrected chi connectivity index (χ2v) is 13.3. The number of esters is 2. The number of alkyl halides is 1. The van der Waals surface area contributed by atoms with Gasteiger partial charge in [-0.05, 0) is 68.7 Å². The number of hydrogen-bond donors (Lipinski definition) is 2. The molecular weight excluding hydrogens is 539 g/mol. The van der Waals surface area contributed by atoms with E-state index < -0.39 is 33.9 Å². The lowest BCUT2D eigenvalue weighted by molar-refractivity contribution is -0.150. The lowest BCUT2D eigenvalue weighted by atomic mass is 9.62. The van der Waals surface area contributed by atoms with Gasteiger partial charge in [0.15, 0.2) is 0 Å². The molecule has 4 atom stereocenters. The van der Waals surface area contributed by atoms with E-state index in [2.05, 4.69) is 19.2 Å². The fourth-order valence-corrected chi connectivity index (χ4v) is 5.28. The maximum Gasteiger partial charge on any atom is 0.338 e. The number of benzene rings is 2. The third-order valence-electron chi connectivity index (χ3n) is 7.65. The molecule has 0 saturated carbocycles. The van der Waals surface area contributed by atoms with Crippen molar-refractivity contribution < 1.29 is 28.6 Å². The smallest absolute Gasteiger partial charge is 0.338 e. The van der Waals surface area contributed by atoms with Gasteiger partial charge >= 0.3 is 11.9 Å². The van der Waals surface area contributed by atoms with Gasteiger partial charge in [-0.3, -0.25) is 4.79 Å². The minimum Gasteiger partial charge on any atom is -0.465 e. The summed E-state index contributed by atoms with van der Waals surface area (Å²) in [6.07, 6.45) is 1.59. The van der Waals surface area contributed by atoms with E-state index in [4.69, 9.17) is 9.47 Å². The first-order valence-corrected chi connectivity index (χ1v) is 14.6. The Morgan fingerprint density at radius 1 is 1.00 bits per heavy atom. The number of halogens is 1. The molecule has 0 fully saturated rings. The lowest BCUT2D eigenvalue weighted by Crippen LogP contribution is -2.52. The third kappa shape index (κ3) is 8.01. The van der Waals surface area contributed by atoms with Gasteiger partial charge in [0, 0.05) is 5.41 Å². The number of aliphatic hydroxyl groups is 1. The van der Waals surface area contributed by atoms with Crippen molar-refractivity contribution in [2.75, 3.05) is 13.2 Å². The minimum atomic E-state index is -1.99. The van der Waals surface area contributed by atoms with Crippen LogP contribution in [0.4, 0.5) is 4.39 Å². The van der Waals surface area contributed by atoms with Crippen molar-refractivity contribution in [3.8, 4) is 0 Å². The van der Waals surface area contributed by atoms with Crippen LogP contribution in [0.2, 0.25) is 0 Å². The van der Waals surface area contributed by atoms with E-state index >= 15 is 4.39 Å². The van der Waals surface area contributed by atoms with Crippen LogP contribution in [0, 0.1) is 26.2 Å². The summed E-state index contributed by atoms with van der Waals surface area (Å²) in [6, 6.07) is 10.5. The monoisotopic (exact) mass is 586 g/mol. The van der Waals surface area contributed by atoms with Crippen molar-refractivity contribution in [2.24, 2.45) is 5.41 Å².